The van der Waals surface area contributed by atoms with Crippen LogP contribution in [-0.2, 0) is 11.8 Å². The lowest BCUT2D eigenvalue weighted by Crippen LogP contribution is -2.31. The van der Waals surface area contributed by atoms with Crippen LogP contribution in [-0.4, -0.2) is 27.1 Å². The van der Waals surface area contributed by atoms with Gasteiger partial charge in [0, 0.05) is 25.7 Å². The van der Waals surface area contributed by atoms with Crippen LogP contribution in [0.1, 0.15) is 42.3 Å². The second-order valence-corrected chi connectivity index (χ2v) is 6.92. The first-order valence-corrected chi connectivity index (χ1v) is 8.49. The van der Waals surface area contributed by atoms with Crippen LogP contribution in [0.15, 0.2) is 29.2 Å². The predicted molar refractivity (Wildman–Crippen MR) is 82.1 cm³/mol. The smallest absolute Gasteiger partial charge is 0.226 e. The minimum Gasteiger partial charge on any atom is -0.335 e. The SMILES string of the molecule is Cn1cc([C@@H]2C[C@@H]2C(=O)N2CCC[C@H]2c2ccsc2)cn1. The maximum absolute atomic E-state index is 12.8. The van der Waals surface area contributed by atoms with E-state index >= 15 is 0 Å². The maximum Gasteiger partial charge on any atom is 0.226 e. The van der Waals surface area contributed by atoms with Gasteiger partial charge in [-0.05, 0) is 53.1 Å². The average molecular weight is 301 g/mol. The molecule has 0 spiro atoms. The number of nitrogens with zero attached hydrogens (tertiary/aromatic N) is 3. The molecule has 3 atom stereocenters. The van der Waals surface area contributed by atoms with Crippen molar-refractivity contribution in [1.29, 1.82) is 0 Å². The third-order valence-electron chi connectivity index (χ3n) is 4.72. The molecule has 1 saturated carbocycles. The number of thiophene rings is 1. The molecule has 0 radical (unpaired) electrons. The summed E-state index contributed by atoms with van der Waals surface area (Å²) in [6.45, 7) is 0.912. The summed E-state index contributed by atoms with van der Waals surface area (Å²) in [4.78, 5) is 14.9. The zero-order chi connectivity index (χ0) is 14.4. The van der Waals surface area contributed by atoms with E-state index in [1.807, 2.05) is 24.1 Å². The summed E-state index contributed by atoms with van der Waals surface area (Å²) in [6.07, 6.45) is 7.15. The lowest BCUT2D eigenvalue weighted by molar-refractivity contribution is -0.133. The van der Waals surface area contributed by atoms with Gasteiger partial charge in [-0.1, -0.05) is 0 Å². The van der Waals surface area contributed by atoms with Crippen molar-refractivity contribution in [2.45, 2.75) is 31.2 Å². The number of hydrogen-bond donors (Lipinski definition) is 0. The van der Waals surface area contributed by atoms with E-state index in [1.54, 1.807) is 11.3 Å². The number of aromatic nitrogens is 2. The van der Waals surface area contributed by atoms with Gasteiger partial charge in [0.1, 0.15) is 0 Å². The molecule has 1 aliphatic heterocycles. The van der Waals surface area contributed by atoms with Crippen molar-refractivity contribution in [2.24, 2.45) is 13.0 Å². The van der Waals surface area contributed by atoms with Gasteiger partial charge in [0.25, 0.3) is 0 Å². The van der Waals surface area contributed by atoms with Gasteiger partial charge in [-0.3, -0.25) is 9.48 Å². The molecule has 4 nitrogen and oxygen atoms in total. The summed E-state index contributed by atoms with van der Waals surface area (Å²) >= 11 is 1.72. The van der Waals surface area contributed by atoms with E-state index in [-0.39, 0.29) is 5.92 Å². The third-order valence-corrected chi connectivity index (χ3v) is 5.43. The number of likely N-dealkylation sites (tertiary alicyclic amines) is 1. The van der Waals surface area contributed by atoms with E-state index in [0.29, 0.717) is 17.9 Å². The summed E-state index contributed by atoms with van der Waals surface area (Å²) in [5.74, 6) is 0.904. The van der Waals surface area contributed by atoms with Crippen molar-refractivity contribution in [3.63, 3.8) is 0 Å². The van der Waals surface area contributed by atoms with Crippen molar-refractivity contribution in [1.82, 2.24) is 14.7 Å². The molecule has 2 aromatic rings. The third kappa shape index (κ3) is 2.29. The Morgan fingerprint density at radius 1 is 1.43 bits per heavy atom. The summed E-state index contributed by atoms with van der Waals surface area (Å²) < 4.78 is 1.82. The van der Waals surface area contributed by atoms with Crippen LogP contribution >= 0.6 is 11.3 Å². The first-order valence-electron chi connectivity index (χ1n) is 7.55. The van der Waals surface area contributed by atoms with Crippen LogP contribution in [0.3, 0.4) is 0 Å². The minimum atomic E-state index is 0.174. The monoisotopic (exact) mass is 301 g/mol. The van der Waals surface area contributed by atoms with E-state index < -0.39 is 0 Å². The highest BCUT2D eigenvalue weighted by Gasteiger charge is 2.48. The molecule has 2 aliphatic rings. The molecular weight excluding hydrogens is 282 g/mol. The van der Waals surface area contributed by atoms with Gasteiger partial charge in [0.05, 0.1) is 12.2 Å². The highest BCUT2D eigenvalue weighted by molar-refractivity contribution is 7.07. The molecule has 4 rings (SSSR count). The Kier molecular flexibility index (Phi) is 3.10. The fourth-order valence-electron chi connectivity index (χ4n) is 3.52. The molecule has 2 aromatic heterocycles. The molecule has 110 valence electrons. The lowest BCUT2D eigenvalue weighted by atomic mass is 10.1. The number of rotatable bonds is 3. The number of aryl methyl sites for hydroxylation is 1. The largest absolute Gasteiger partial charge is 0.335 e. The molecule has 0 aromatic carbocycles. The first kappa shape index (κ1) is 13.1. The van der Waals surface area contributed by atoms with Crippen molar-refractivity contribution >= 4 is 17.2 Å². The average Bonchev–Trinajstić information content (AvgIpc) is 2.94. The number of amides is 1. The van der Waals surface area contributed by atoms with Gasteiger partial charge in [-0.2, -0.15) is 16.4 Å². The number of carbonyl (C=O) groups excluding carboxylic acids is 1. The molecular formula is C16H19N3OS. The number of carbonyl (C=O) groups is 1. The Hall–Kier alpha value is -1.62. The highest BCUT2D eigenvalue weighted by atomic mass is 32.1. The van der Waals surface area contributed by atoms with Gasteiger partial charge in [0.2, 0.25) is 5.91 Å². The second-order valence-electron chi connectivity index (χ2n) is 6.14. The predicted octanol–water partition coefficient (Wildman–Crippen LogP) is 2.95. The molecule has 2 fully saturated rings. The zero-order valence-corrected chi connectivity index (χ0v) is 12.9. The maximum atomic E-state index is 12.8. The van der Waals surface area contributed by atoms with Crippen LogP contribution < -0.4 is 0 Å². The van der Waals surface area contributed by atoms with E-state index in [9.17, 15) is 4.79 Å². The van der Waals surface area contributed by atoms with Crippen molar-refractivity contribution < 1.29 is 4.79 Å². The molecule has 1 amide bonds. The Morgan fingerprint density at radius 2 is 2.33 bits per heavy atom. The molecule has 0 bridgehead atoms. The van der Waals surface area contributed by atoms with E-state index in [2.05, 4.69) is 26.8 Å². The molecule has 5 heteroatoms. The molecule has 1 aliphatic carbocycles. The van der Waals surface area contributed by atoms with E-state index in [0.717, 1.165) is 25.8 Å². The molecule has 1 saturated heterocycles. The molecule has 21 heavy (non-hydrogen) atoms. The van der Waals surface area contributed by atoms with Gasteiger partial charge < -0.3 is 4.90 Å². The second kappa shape index (κ2) is 4.98. The van der Waals surface area contributed by atoms with Gasteiger partial charge in [0.15, 0.2) is 0 Å². The van der Waals surface area contributed by atoms with Gasteiger partial charge in [-0.25, -0.2) is 0 Å². The normalized spacial score (nSPS) is 28.0. The van der Waals surface area contributed by atoms with E-state index in [4.69, 9.17) is 0 Å². The van der Waals surface area contributed by atoms with Gasteiger partial charge in [-0.15, -0.1) is 0 Å². The molecule has 0 unspecified atom stereocenters. The van der Waals surface area contributed by atoms with Crippen molar-refractivity contribution in [3.8, 4) is 0 Å². The van der Waals surface area contributed by atoms with Crippen LogP contribution in [0.2, 0.25) is 0 Å². The first-order chi connectivity index (χ1) is 10.2. The fraction of sp³-hybridized carbons (Fsp3) is 0.500. The number of hydrogen-bond acceptors (Lipinski definition) is 3. The van der Waals surface area contributed by atoms with Crippen molar-refractivity contribution in [2.75, 3.05) is 6.54 Å². The van der Waals surface area contributed by atoms with Crippen LogP contribution in [0.4, 0.5) is 0 Å². The Labute approximate surface area is 128 Å². The Balaban J connectivity index is 1.48. The topological polar surface area (TPSA) is 38.1 Å². The van der Waals surface area contributed by atoms with Crippen LogP contribution in [0, 0.1) is 5.92 Å². The highest BCUT2D eigenvalue weighted by Crippen LogP contribution is 2.50. The summed E-state index contributed by atoms with van der Waals surface area (Å²) in [7, 11) is 1.93. The van der Waals surface area contributed by atoms with Gasteiger partial charge >= 0.3 is 0 Å². The minimum absolute atomic E-state index is 0.174. The quantitative estimate of drug-likeness (QED) is 0.874. The van der Waals surface area contributed by atoms with E-state index in [1.165, 1.54) is 11.1 Å². The lowest BCUT2D eigenvalue weighted by Gasteiger charge is -2.24. The summed E-state index contributed by atoms with van der Waals surface area (Å²) in [5, 5.41) is 8.50. The van der Waals surface area contributed by atoms with Crippen LogP contribution in [0.25, 0.3) is 0 Å². The van der Waals surface area contributed by atoms with Crippen molar-refractivity contribution in [3.05, 3.63) is 40.3 Å². The molecule has 3 heterocycles. The summed E-state index contributed by atoms with van der Waals surface area (Å²) in [6, 6.07) is 2.46. The Morgan fingerprint density at radius 3 is 3.05 bits per heavy atom. The standard InChI is InChI=1S/C16H19N3OS/c1-18-9-12(8-17-18)13-7-14(13)16(20)19-5-2-3-15(19)11-4-6-21-10-11/h4,6,8-10,13-15H,2-3,5,7H2,1H3/t13-,14-,15-/m0/s1. The van der Waals surface area contributed by atoms with Crippen LogP contribution in [0.5, 0.6) is 0 Å². The zero-order valence-electron chi connectivity index (χ0n) is 12.1. The molecule has 0 N–H and O–H groups in total. The Bertz CT molecular complexity index is 648. The summed E-state index contributed by atoms with van der Waals surface area (Å²) in [5.41, 5.74) is 2.52. The fourth-order valence-corrected chi connectivity index (χ4v) is 4.23.